The van der Waals surface area contributed by atoms with Crippen LogP contribution >= 0.6 is 11.6 Å². The first-order chi connectivity index (χ1) is 8.67. The Hall–Kier alpha value is -0.890. The fourth-order valence-corrected chi connectivity index (χ4v) is 2.16. The molecule has 1 unspecified atom stereocenters. The monoisotopic (exact) mass is 269 g/mol. The van der Waals surface area contributed by atoms with Crippen LogP contribution < -0.4 is 10.1 Å². The molecule has 0 spiro atoms. The Kier molecular flexibility index (Phi) is 6.96. The molecule has 1 N–H and O–H groups in total. The highest BCUT2D eigenvalue weighted by Gasteiger charge is 2.05. The van der Waals surface area contributed by atoms with Crippen LogP contribution in [0.25, 0.3) is 0 Å². The van der Waals surface area contributed by atoms with Gasteiger partial charge in [-0.25, -0.2) is 0 Å². The van der Waals surface area contributed by atoms with Gasteiger partial charge in [-0.1, -0.05) is 37.8 Å². The van der Waals surface area contributed by atoms with Gasteiger partial charge < -0.3 is 10.1 Å². The fraction of sp³-hybridized carbons (Fsp3) is 0.600. The van der Waals surface area contributed by atoms with Crippen molar-refractivity contribution in [2.75, 3.05) is 11.9 Å². The number of unbranched alkanes of at least 4 members (excludes halogenated alkanes) is 2. The van der Waals surface area contributed by atoms with Gasteiger partial charge in [0.25, 0.3) is 0 Å². The number of ether oxygens (including phenoxy) is 1. The Bertz CT molecular complexity index is 354. The van der Waals surface area contributed by atoms with E-state index in [-0.39, 0.29) is 0 Å². The Morgan fingerprint density at radius 1 is 1.28 bits per heavy atom. The third-order valence-electron chi connectivity index (χ3n) is 2.89. The van der Waals surface area contributed by atoms with Crippen molar-refractivity contribution < 1.29 is 4.74 Å². The summed E-state index contributed by atoms with van der Waals surface area (Å²) in [5.41, 5.74) is 1.06. The minimum absolute atomic E-state index is 0.477. The van der Waals surface area contributed by atoms with Crippen LogP contribution in [0.4, 0.5) is 5.69 Å². The molecule has 2 nitrogen and oxygen atoms in total. The summed E-state index contributed by atoms with van der Waals surface area (Å²) in [7, 11) is 0. The van der Waals surface area contributed by atoms with E-state index in [0.29, 0.717) is 17.7 Å². The topological polar surface area (TPSA) is 21.3 Å². The van der Waals surface area contributed by atoms with Crippen LogP contribution in [-0.4, -0.2) is 12.6 Å². The Balaban J connectivity index is 2.49. The highest BCUT2D eigenvalue weighted by molar-refractivity contribution is 6.32. The van der Waals surface area contributed by atoms with Gasteiger partial charge in [-0.05, 0) is 38.5 Å². The van der Waals surface area contributed by atoms with E-state index in [1.807, 2.05) is 25.1 Å². The zero-order chi connectivity index (χ0) is 13.4. The highest BCUT2D eigenvalue weighted by Crippen LogP contribution is 2.28. The molecule has 0 aliphatic carbocycles. The molecule has 0 amide bonds. The standard InChI is InChI=1S/C15H24ClNO/c1-4-6-7-8-12(3)17-13-9-10-15(18-5-2)14(16)11-13/h9-12,17H,4-8H2,1-3H3. The first kappa shape index (κ1) is 15.2. The van der Waals surface area contributed by atoms with Gasteiger partial charge in [0.2, 0.25) is 0 Å². The van der Waals surface area contributed by atoms with Crippen molar-refractivity contribution in [3.8, 4) is 5.75 Å². The van der Waals surface area contributed by atoms with Gasteiger partial charge in [0, 0.05) is 11.7 Å². The van der Waals surface area contributed by atoms with E-state index in [4.69, 9.17) is 16.3 Å². The van der Waals surface area contributed by atoms with Gasteiger partial charge in [0.05, 0.1) is 11.6 Å². The summed E-state index contributed by atoms with van der Waals surface area (Å²) in [4.78, 5) is 0. The second kappa shape index (κ2) is 8.25. The molecule has 1 aromatic carbocycles. The van der Waals surface area contributed by atoms with E-state index in [1.165, 1.54) is 25.7 Å². The van der Waals surface area contributed by atoms with E-state index < -0.39 is 0 Å². The number of hydrogen-bond donors (Lipinski definition) is 1. The van der Waals surface area contributed by atoms with E-state index >= 15 is 0 Å². The van der Waals surface area contributed by atoms with Crippen LogP contribution in [-0.2, 0) is 0 Å². The summed E-state index contributed by atoms with van der Waals surface area (Å²) in [6.45, 7) is 7.03. The van der Waals surface area contributed by atoms with Crippen LogP contribution in [0.1, 0.15) is 46.5 Å². The zero-order valence-corrected chi connectivity index (χ0v) is 12.4. The maximum Gasteiger partial charge on any atom is 0.138 e. The zero-order valence-electron chi connectivity index (χ0n) is 11.6. The molecule has 0 radical (unpaired) electrons. The van der Waals surface area contributed by atoms with Crippen LogP contribution in [0, 0.1) is 0 Å². The highest BCUT2D eigenvalue weighted by atomic mass is 35.5. The maximum atomic E-state index is 6.15. The molecule has 102 valence electrons. The van der Waals surface area contributed by atoms with Crippen molar-refractivity contribution in [3.63, 3.8) is 0 Å². The Morgan fingerprint density at radius 2 is 2.06 bits per heavy atom. The number of rotatable bonds is 8. The number of hydrogen-bond acceptors (Lipinski definition) is 2. The molecule has 3 heteroatoms. The fourth-order valence-electron chi connectivity index (χ4n) is 1.92. The van der Waals surface area contributed by atoms with Crippen LogP contribution in [0.3, 0.4) is 0 Å². The second-order valence-corrected chi connectivity index (χ2v) is 5.03. The third-order valence-corrected chi connectivity index (χ3v) is 3.18. The maximum absolute atomic E-state index is 6.15. The van der Waals surface area contributed by atoms with Gasteiger partial charge in [0.15, 0.2) is 0 Å². The molecule has 0 bridgehead atoms. The van der Waals surface area contributed by atoms with Crippen molar-refractivity contribution in [2.45, 2.75) is 52.5 Å². The molecule has 0 aromatic heterocycles. The van der Waals surface area contributed by atoms with Crippen molar-refractivity contribution >= 4 is 17.3 Å². The first-order valence-electron chi connectivity index (χ1n) is 6.86. The number of nitrogens with one attached hydrogen (secondary N) is 1. The lowest BCUT2D eigenvalue weighted by Crippen LogP contribution is -2.14. The lowest BCUT2D eigenvalue weighted by Gasteiger charge is -2.16. The average Bonchev–Trinajstić information content (AvgIpc) is 2.33. The quantitative estimate of drug-likeness (QED) is 0.662. The molecule has 0 saturated carbocycles. The Labute approximate surface area is 116 Å². The molecule has 0 saturated heterocycles. The molecule has 1 rings (SSSR count). The molecule has 1 atom stereocenters. The molecule has 0 heterocycles. The van der Waals surface area contributed by atoms with Gasteiger partial charge in [-0.15, -0.1) is 0 Å². The minimum Gasteiger partial charge on any atom is -0.492 e. The first-order valence-corrected chi connectivity index (χ1v) is 7.24. The largest absolute Gasteiger partial charge is 0.492 e. The molecule has 0 aliphatic rings. The van der Waals surface area contributed by atoms with E-state index in [9.17, 15) is 0 Å². The lowest BCUT2D eigenvalue weighted by molar-refractivity contribution is 0.340. The van der Waals surface area contributed by atoms with Crippen LogP contribution in [0.2, 0.25) is 5.02 Å². The van der Waals surface area contributed by atoms with Crippen molar-refractivity contribution in [2.24, 2.45) is 0 Å². The predicted molar refractivity (Wildman–Crippen MR) is 79.8 cm³/mol. The number of halogens is 1. The van der Waals surface area contributed by atoms with E-state index in [2.05, 4.69) is 19.2 Å². The summed E-state index contributed by atoms with van der Waals surface area (Å²) in [5.74, 6) is 0.753. The third kappa shape index (κ3) is 5.18. The van der Waals surface area contributed by atoms with Crippen LogP contribution in [0.5, 0.6) is 5.75 Å². The predicted octanol–water partition coefficient (Wildman–Crippen LogP) is 5.12. The molecule has 18 heavy (non-hydrogen) atoms. The van der Waals surface area contributed by atoms with E-state index in [1.54, 1.807) is 0 Å². The van der Waals surface area contributed by atoms with Crippen molar-refractivity contribution in [1.82, 2.24) is 0 Å². The summed E-state index contributed by atoms with van der Waals surface area (Å²) >= 11 is 6.15. The van der Waals surface area contributed by atoms with E-state index in [0.717, 1.165) is 11.4 Å². The molecule has 1 aromatic rings. The lowest BCUT2D eigenvalue weighted by atomic mass is 10.1. The molecule has 0 aliphatic heterocycles. The van der Waals surface area contributed by atoms with Crippen molar-refractivity contribution in [1.29, 1.82) is 0 Å². The summed E-state index contributed by atoms with van der Waals surface area (Å²) in [6.07, 6.45) is 5.03. The summed E-state index contributed by atoms with van der Waals surface area (Å²) < 4.78 is 5.42. The normalized spacial score (nSPS) is 12.2. The van der Waals surface area contributed by atoms with Crippen LogP contribution in [0.15, 0.2) is 18.2 Å². The average molecular weight is 270 g/mol. The van der Waals surface area contributed by atoms with Gasteiger partial charge in [-0.2, -0.15) is 0 Å². The summed E-state index contributed by atoms with van der Waals surface area (Å²) in [5, 5.41) is 4.14. The molecular formula is C15H24ClNO. The number of benzene rings is 1. The number of anilines is 1. The second-order valence-electron chi connectivity index (χ2n) is 4.62. The van der Waals surface area contributed by atoms with Gasteiger partial charge in [0.1, 0.15) is 5.75 Å². The molecule has 0 fully saturated rings. The van der Waals surface area contributed by atoms with Gasteiger partial charge in [-0.3, -0.25) is 0 Å². The minimum atomic E-state index is 0.477. The molecular weight excluding hydrogens is 246 g/mol. The SMILES string of the molecule is CCCCCC(C)Nc1ccc(OCC)c(Cl)c1. The van der Waals surface area contributed by atoms with Gasteiger partial charge >= 0.3 is 0 Å². The summed E-state index contributed by atoms with van der Waals surface area (Å²) in [6, 6.07) is 6.36. The smallest absolute Gasteiger partial charge is 0.138 e. The Morgan fingerprint density at radius 3 is 2.67 bits per heavy atom. The van der Waals surface area contributed by atoms with Crippen molar-refractivity contribution in [3.05, 3.63) is 23.2 Å².